The van der Waals surface area contributed by atoms with Crippen molar-refractivity contribution in [2.75, 3.05) is 19.7 Å². The highest BCUT2D eigenvalue weighted by Crippen LogP contribution is 2.23. The zero-order valence-corrected chi connectivity index (χ0v) is 14.9. The van der Waals surface area contributed by atoms with Crippen LogP contribution in [0, 0.1) is 17.6 Å². The number of nitrogens with zero attached hydrogens (tertiary/aromatic N) is 1. The standard InChI is InChI=1S/C21H21F2NO3/c22-16-8-9-19(23)18(13-16)21(26)15-5-4-11-24(14-15)20(25)10-12-27-17-6-2-1-3-7-17/h1-3,6-9,13,15H,4-5,10-12,14H2. The molecule has 1 aliphatic heterocycles. The van der Waals surface area contributed by atoms with E-state index in [9.17, 15) is 18.4 Å². The van der Waals surface area contributed by atoms with Gasteiger partial charge in [0.25, 0.3) is 0 Å². The first kappa shape index (κ1) is 19.0. The highest BCUT2D eigenvalue weighted by atomic mass is 19.1. The van der Waals surface area contributed by atoms with Gasteiger partial charge in [-0.3, -0.25) is 9.59 Å². The van der Waals surface area contributed by atoms with Crippen LogP contribution in [0.3, 0.4) is 0 Å². The predicted molar refractivity (Wildman–Crippen MR) is 96.5 cm³/mol. The summed E-state index contributed by atoms with van der Waals surface area (Å²) in [6.07, 6.45) is 1.40. The van der Waals surface area contributed by atoms with Crippen molar-refractivity contribution in [3.8, 4) is 5.75 Å². The molecule has 1 heterocycles. The van der Waals surface area contributed by atoms with E-state index in [1.54, 1.807) is 4.90 Å². The maximum absolute atomic E-state index is 13.9. The van der Waals surface area contributed by atoms with Crippen LogP contribution in [-0.4, -0.2) is 36.3 Å². The number of para-hydroxylation sites is 1. The zero-order chi connectivity index (χ0) is 19.2. The second-order valence-corrected chi connectivity index (χ2v) is 6.58. The van der Waals surface area contributed by atoms with E-state index in [2.05, 4.69) is 0 Å². The molecule has 2 aromatic carbocycles. The Kier molecular flexibility index (Phi) is 6.16. The number of carbonyl (C=O) groups is 2. The molecule has 0 N–H and O–H groups in total. The number of rotatable bonds is 6. The van der Waals surface area contributed by atoms with Crippen LogP contribution in [0.4, 0.5) is 8.78 Å². The van der Waals surface area contributed by atoms with Gasteiger partial charge in [0.1, 0.15) is 17.4 Å². The van der Waals surface area contributed by atoms with E-state index in [4.69, 9.17) is 4.74 Å². The SMILES string of the molecule is O=C(c1cc(F)ccc1F)C1CCCN(C(=O)CCOc2ccccc2)C1. The van der Waals surface area contributed by atoms with Crippen molar-refractivity contribution in [2.24, 2.45) is 5.92 Å². The summed E-state index contributed by atoms with van der Waals surface area (Å²) in [5, 5.41) is 0. The third kappa shape index (κ3) is 4.90. The molecular weight excluding hydrogens is 352 g/mol. The van der Waals surface area contributed by atoms with Gasteiger partial charge in [0, 0.05) is 19.0 Å². The first-order valence-electron chi connectivity index (χ1n) is 8.99. The molecule has 0 bridgehead atoms. The van der Waals surface area contributed by atoms with E-state index in [0.29, 0.717) is 25.1 Å². The molecule has 27 heavy (non-hydrogen) atoms. The van der Waals surface area contributed by atoms with E-state index in [1.807, 2.05) is 30.3 Å². The van der Waals surface area contributed by atoms with Crippen LogP contribution in [0.5, 0.6) is 5.75 Å². The van der Waals surface area contributed by atoms with Crippen LogP contribution >= 0.6 is 0 Å². The fourth-order valence-electron chi connectivity index (χ4n) is 3.25. The molecule has 1 unspecified atom stereocenters. The number of Topliss-reactive ketones (excluding diaryl/α,β-unsaturated/α-hetero) is 1. The molecule has 0 aromatic heterocycles. The van der Waals surface area contributed by atoms with Gasteiger partial charge in [-0.2, -0.15) is 0 Å². The number of ketones is 1. The third-order valence-electron chi connectivity index (χ3n) is 4.67. The Hall–Kier alpha value is -2.76. The molecule has 4 nitrogen and oxygen atoms in total. The molecule has 3 rings (SSSR count). The van der Waals surface area contributed by atoms with E-state index < -0.39 is 23.3 Å². The Morgan fingerprint density at radius 1 is 1.11 bits per heavy atom. The van der Waals surface area contributed by atoms with Crippen LogP contribution in [0.25, 0.3) is 0 Å². The molecule has 0 aliphatic carbocycles. The quantitative estimate of drug-likeness (QED) is 0.723. The number of likely N-dealkylation sites (tertiary alicyclic amines) is 1. The monoisotopic (exact) mass is 373 g/mol. The van der Waals surface area contributed by atoms with Gasteiger partial charge in [0.15, 0.2) is 5.78 Å². The lowest BCUT2D eigenvalue weighted by atomic mass is 9.89. The normalized spacial score (nSPS) is 16.8. The van der Waals surface area contributed by atoms with Gasteiger partial charge in [-0.25, -0.2) is 8.78 Å². The molecule has 1 fully saturated rings. The molecule has 0 saturated carbocycles. The maximum atomic E-state index is 13.9. The average Bonchev–Trinajstić information content (AvgIpc) is 2.70. The Labute approximate surface area is 156 Å². The molecule has 1 saturated heterocycles. The fraction of sp³-hybridized carbons (Fsp3) is 0.333. The van der Waals surface area contributed by atoms with Gasteiger partial charge >= 0.3 is 0 Å². The van der Waals surface area contributed by atoms with Crippen LogP contribution in [0.15, 0.2) is 48.5 Å². The fourth-order valence-corrected chi connectivity index (χ4v) is 3.25. The van der Waals surface area contributed by atoms with Crippen LogP contribution in [0.1, 0.15) is 29.6 Å². The molecular formula is C21H21F2NO3. The molecule has 1 aliphatic rings. The molecule has 1 amide bonds. The van der Waals surface area contributed by atoms with Crippen molar-refractivity contribution in [1.29, 1.82) is 0 Å². The number of hydrogen-bond donors (Lipinski definition) is 0. The van der Waals surface area contributed by atoms with Gasteiger partial charge in [-0.15, -0.1) is 0 Å². The Morgan fingerprint density at radius 2 is 1.89 bits per heavy atom. The van der Waals surface area contributed by atoms with Crippen molar-refractivity contribution < 1.29 is 23.1 Å². The second kappa shape index (κ2) is 8.75. The van der Waals surface area contributed by atoms with Gasteiger partial charge in [-0.05, 0) is 43.2 Å². The maximum Gasteiger partial charge on any atom is 0.226 e. The first-order valence-corrected chi connectivity index (χ1v) is 8.99. The zero-order valence-electron chi connectivity index (χ0n) is 14.9. The van der Waals surface area contributed by atoms with Crippen molar-refractivity contribution in [2.45, 2.75) is 19.3 Å². The highest BCUT2D eigenvalue weighted by molar-refractivity contribution is 5.98. The molecule has 0 spiro atoms. The number of ether oxygens (including phenoxy) is 1. The van der Waals surface area contributed by atoms with Crippen LogP contribution < -0.4 is 4.74 Å². The molecule has 142 valence electrons. The van der Waals surface area contributed by atoms with E-state index >= 15 is 0 Å². The average molecular weight is 373 g/mol. The van der Waals surface area contributed by atoms with Crippen molar-refractivity contribution in [3.05, 3.63) is 65.7 Å². The topological polar surface area (TPSA) is 46.6 Å². The number of benzene rings is 2. The van der Waals surface area contributed by atoms with E-state index in [0.717, 1.165) is 18.2 Å². The predicted octanol–water partition coefficient (Wildman–Crippen LogP) is 3.86. The Balaban J connectivity index is 1.56. The van der Waals surface area contributed by atoms with Crippen LogP contribution in [0.2, 0.25) is 0 Å². The van der Waals surface area contributed by atoms with Crippen molar-refractivity contribution >= 4 is 11.7 Å². The molecule has 2 aromatic rings. The molecule has 6 heteroatoms. The highest BCUT2D eigenvalue weighted by Gasteiger charge is 2.30. The number of amides is 1. The minimum absolute atomic E-state index is 0.108. The number of piperidine rings is 1. The molecule has 0 radical (unpaired) electrons. The summed E-state index contributed by atoms with van der Waals surface area (Å²) in [7, 11) is 0. The van der Waals surface area contributed by atoms with Gasteiger partial charge in [0.2, 0.25) is 5.91 Å². The van der Waals surface area contributed by atoms with Crippen LogP contribution in [-0.2, 0) is 4.79 Å². The lowest BCUT2D eigenvalue weighted by Crippen LogP contribution is -2.42. The largest absolute Gasteiger partial charge is 0.493 e. The number of hydrogen-bond acceptors (Lipinski definition) is 3. The van der Waals surface area contributed by atoms with Crippen molar-refractivity contribution in [1.82, 2.24) is 4.90 Å². The van der Waals surface area contributed by atoms with Gasteiger partial charge in [-0.1, -0.05) is 18.2 Å². The van der Waals surface area contributed by atoms with Gasteiger partial charge in [0.05, 0.1) is 18.6 Å². The summed E-state index contributed by atoms with van der Waals surface area (Å²) in [6, 6.07) is 12.1. The minimum Gasteiger partial charge on any atom is -0.493 e. The smallest absolute Gasteiger partial charge is 0.226 e. The lowest BCUT2D eigenvalue weighted by Gasteiger charge is -2.32. The number of halogens is 2. The lowest BCUT2D eigenvalue weighted by molar-refractivity contribution is -0.133. The summed E-state index contributed by atoms with van der Waals surface area (Å²) in [6.45, 7) is 1.02. The van der Waals surface area contributed by atoms with Gasteiger partial charge < -0.3 is 9.64 Å². The van der Waals surface area contributed by atoms with E-state index in [-0.39, 0.29) is 31.0 Å². The first-order chi connectivity index (χ1) is 13.0. The summed E-state index contributed by atoms with van der Waals surface area (Å²) in [5.74, 6) is -1.77. The van der Waals surface area contributed by atoms with Crippen molar-refractivity contribution in [3.63, 3.8) is 0 Å². The third-order valence-corrected chi connectivity index (χ3v) is 4.67. The Bertz CT molecular complexity index is 810. The minimum atomic E-state index is -0.735. The summed E-state index contributed by atoms with van der Waals surface area (Å²) in [4.78, 5) is 26.6. The summed E-state index contributed by atoms with van der Waals surface area (Å²) >= 11 is 0. The Morgan fingerprint density at radius 3 is 2.67 bits per heavy atom. The van der Waals surface area contributed by atoms with E-state index in [1.165, 1.54) is 0 Å². The molecule has 1 atom stereocenters. The second-order valence-electron chi connectivity index (χ2n) is 6.58. The summed E-state index contributed by atoms with van der Waals surface area (Å²) < 4.78 is 32.8. The number of carbonyl (C=O) groups excluding carboxylic acids is 2. The summed E-state index contributed by atoms with van der Waals surface area (Å²) in [5.41, 5.74) is -0.248.